The van der Waals surface area contributed by atoms with Crippen molar-refractivity contribution in [1.82, 2.24) is 4.90 Å². The van der Waals surface area contributed by atoms with E-state index < -0.39 is 0 Å². The molecule has 1 heterocycles. The lowest BCUT2D eigenvalue weighted by atomic mass is 9.80. The summed E-state index contributed by atoms with van der Waals surface area (Å²) in [5, 5.41) is 0. The predicted molar refractivity (Wildman–Crippen MR) is 105 cm³/mol. The summed E-state index contributed by atoms with van der Waals surface area (Å²) in [5.74, 6) is 1.89. The topological polar surface area (TPSA) is 3.24 Å². The molecule has 1 rings (SSSR count). The van der Waals surface area contributed by atoms with Crippen LogP contribution in [0.3, 0.4) is 0 Å². The van der Waals surface area contributed by atoms with Crippen molar-refractivity contribution in [3.8, 4) is 0 Å². The molecule has 138 valence electrons. The van der Waals surface area contributed by atoms with E-state index in [-0.39, 0.29) is 0 Å². The van der Waals surface area contributed by atoms with Crippen molar-refractivity contribution in [2.24, 2.45) is 17.3 Å². The molecule has 1 heteroatoms. The van der Waals surface area contributed by atoms with Gasteiger partial charge in [0.05, 0.1) is 0 Å². The van der Waals surface area contributed by atoms with Crippen LogP contribution in [0.25, 0.3) is 0 Å². The van der Waals surface area contributed by atoms with Crippen LogP contribution in [-0.2, 0) is 0 Å². The van der Waals surface area contributed by atoms with Crippen LogP contribution in [0.15, 0.2) is 0 Å². The molecule has 1 aliphatic heterocycles. The normalized spacial score (nSPS) is 19.2. The molecule has 23 heavy (non-hydrogen) atoms. The fourth-order valence-electron chi connectivity index (χ4n) is 4.05. The zero-order valence-corrected chi connectivity index (χ0v) is 17.0. The van der Waals surface area contributed by atoms with Gasteiger partial charge in [-0.3, -0.25) is 0 Å². The van der Waals surface area contributed by atoms with Crippen molar-refractivity contribution < 1.29 is 0 Å². The molecular formula is C22H45N. The van der Waals surface area contributed by atoms with Crippen molar-refractivity contribution in [3.05, 3.63) is 0 Å². The molecule has 1 fully saturated rings. The highest BCUT2D eigenvalue weighted by Crippen LogP contribution is 2.32. The number of hydrogen-bond donors (Lipinski definition) is 0. The molecule has 0 N–H and O–H groups in total. The molecule has 0 bridgehead atoms. The number of unbranched alkanes of at least 4 members (excludes halogenated alkanes) is 3. The van der Waals surface area contributed by atoms with Crippen LogP contribution < -0.4 is 0 Å². The van der Waals surface area contributed by atoms with Gasteiger partial charge in [-0.25, -0.2) is 0 Å². The SMILES string of the molecule is CCCCCCC(C)(C)CCCC1CCN(CC(C)CC)CC1. The molecule has 0 aromatic heterocycles. The lowest BCUT2D eigenvalue weighted by Gasteiger charge is -2.34. The van der Waals surface area contributed by atoms with Gasteiger partial charge in [0, 0.05) is 6.54 Å². The summed E-state index contributed by atoms with van der Waals surface area (Å²) in [5.41, 5.74) is 0.574. The zero-order valence-electron chi connectivity index (χ0n) is 17.0. The van der Waals surface area contributed by atoms with Crippen molar-refractivity contribution in [3.63, 3.8) is 0 Å². The Bertz CT molecular complexity index is 276. The minimum atomic E-state index is 0.574. The lowest BCUT2D eigenvalue weighted by Crippen LogP contribution is -2.36. The highest BCUT2D eigenvalue weighted by molar-refractivity contribution is 4.75. The molecule has 0 aromatic rings. The molecule has 0 radical (unpaired) electrons. The van der Waals surface area contributed by atoms with Crippen molar-refractivity contribution in [2.45, 2.75) is 105 Å². The molecule has 0 aliphatic carbocycles. The zero-order chi connectivity index (χ0) is 17.1. The molecular weight excluding hydrogens is 278 g/mol. The smallest absolute Gasteiger partial charge is 0.000692 e. The predicted octanol–water partition coefficient (Wildman–Crippen LogP) is 6.91. The third-order valence-corrected chi connectivity index (χ3v) is 6.15. The van der Waals surface area contributed by atoms with Gasteiger partial charge in [-0.1, -0.05) is 79.6 Å². The summed E-state index contributed by atoms with van der Waals surface area (Å²) in [7, 11) is 0. The van der Waals surface area contributed by atoms with Crippen LogP contribution >= 0.6 is 0 Å². The van der Waals surface area contributed by atoms with E-state index in [2.05, 4.69) is 39.5 Å². The first-order valence-corrected chi connectivity index (χ1v) is 10.7. The molecule has 1 saturated heterocycles. The lowest BCUT2D eigenvalue weighted by molar-refractivity contribution is 0.154. The van der Waals surface area contributed by atoms with Crippen LogP contribution in [0.2, 0.25) is 0 Å². The molecule has 0 saturated carbocycles. The summed E-state index contributed by atoms with van der Waals surface area (Å²) in [6, 6.07) is 0. The van der Waals surface area contributed by atoms with Gasteiger partial charge in [-0.2, -0.15) is 0 Å². The third-order valence-electron chi connectivity index (χ3n) is 6.15. The highest BCUT2D eigenvalue weighted by Gasteiger charge is 2.22. The fraction of sp³-hybridized carbons (Fsp3) is 1.00. The van der Waals surface area contributed by atoms with Crippen molar-refractivity contribution in [2.75, 3.05) is 19.6 Å². The van der Waals surface area contributed by atoms with Crippen LogP contribution in [0, 0.1) is 17.3 Å². The first kappa shape index (κ1) is 21.0. The average molecular weight is 324 g/mol. The van der Waals surface area contributed by atoms with E-state index in [9.17, 15) is 0 Å². The molecule has 1 atom stereocenters. The van der Waals surface area contributed by atoms with Crippen LogP contribution in [0.5, 0.6) is 0 Å². The van der Waals surface area contributed by atoms with E-state index in [1.54, 1.807) is 0 Å². The molecule has 1 nitrogen and oxygen atoms in total. The van der Waals surface area contributed by atoms with Gasteiger partial charge >= 0.3 is 0 Å². The Balaban J connectivity index is 2.10. The van der Waals surface area contributed by atoms with Crippen molar-refractivity contribution >= 4 is 0 Å². The minimum absolute atomic E-state index is 0.574. The maximum atomic E-state index is 2.71. The Morgan fingerprint density at radius 2 is 1.61 bits per heavy atom. The maximum absolute atomic E-state index is 2.71. The summed E-state index contributed by atoms with van der Waals surface area (Å²) in [4.78, 5) is 2.71. The van der Waals surface area contributed by atoms with Gasteiger partial charge in [0.15, 0.2) is 0 Å². The number of nitrogens with zero attached hydrogens (tertiary/aromatic N) is 1. The maximum Gasteiger partial charge on any atom is 0.000692 e. The Hall–Kier alpha value is -0.0400. The highest BCUT2D eigenvalue weighted by atomic mass is 15.1. The standard InChI is InChI=1S/C22H45N/c1-6-8-9-10-15-22(4,5)16-11-12-21-13-17-23(18-14-21)19-20(3)7-2/h20-21H,6-19H2,1-5H3. The van der Waals surface area contributed by atoms with Gasteiger partial charge in [-0.05, 0) is 56.0 Å². The van der Waals surface area contributed by atoms with Crippen LogP contribution in [-0.4, -0.2) is 24.5 Å². The molecule has 0 spiro atoms. The third kappa shape index (κ3) is 9.75. The second kappa shape index (κ2) is 11.5. The number of likely N-dealkylation sites (tertiary alicyclic amines) is 1. The largest absolute Gasteiger partial charge is 0.303 e. The van der Waals surface area contributed by atoms with E-state index in [0.717, 1.165) is 11.8 Å². The first-order valence-electron chi connectivity index (χ1n) is 10.7. The molecule has 0 aromatic carbocycles. The molecule has 1 unspecified atom stereocenters. The number of rotatable bonds is 12. The number of hydrogen-bond acceptors (Lipinski definition) is 1. The fourth-order valence-corrected chi connectivity index (χ4v) is 4.05. The molecule has 0 amide bonds. The van der Waals surface area contributed by atoms with Crippen molar-refractivity contribution in [1.29, 1.82) is 0 Å². The minimum Gasteiger partial charge on any atom is -0.303 e. The average Bonchev–Trinajstić information content (AvgIpc) is 2.53. The summed E-state index contributed by atoms with van der Waals surface area (Å²) in [6.45, 7) is 16.1. The number of piperidine rings is 1. The van der Waals surface area contributed by atoms with Gasteiger partial charge in [0.25, 0.3) is 0 Å². The van der Waals surface area contributed by atoms with Crippen LogP contribution in [0.4, 0.5) is 0 Å². The van der Waals surface area contributed by atoms with E-state index >= 15 is 0 Å². The summed E-state index contributed by atoms with van der Waals surface area (Å²) in [6.07, 6.45) is 15.7. The van der Waals surface area contributed by atoms with Gasteiger partial charge in [0.1, 0.15) is 0 Å². The summed E-state index contributed by atoms with van der Waals surface area (Å²) >= 11 is 0. The molecule has 1 aliphatic rings. The van der Waals surface area contributed by atoms with E-state index in [1.165, 1.54) is 90.3 Å². The summed E-state index contributed by atoms with van der Waals surface area (Å²) < 4.78 is 0. The first-order chi connectivity index (χ1) is 11.0. The Kier molecular flexibility index (Phi) is 10.5. The Morgan fingerprint density at radius 1 is 0.957 bits per heavy atom. The Labute approximate surface area is 147 Å². The van der Waals surface area contributed by atoms with Gasteiger partial charge in [0.2, 0.25) is 0 Å². The van der Waals surface area contributed by atoms with Gasteiger partial charge < -0.3 is 4.90 Å². The monoisotopic (exact) mass is 323 g/mol. The van der Waals surface area contributed by atoms with E-state index in [0.29, 0.717) is 5.41 Å². The van der Waals surface area contributed by atoms with E-state index in [4.69, 9.17) is 0 Å². The van der Waals surface area contributed by atoms with Crippen LogP contribution in [0.1, 0.15) is 105 Å². The second-order valence-electron chi connectivity index (χ2n) is 9.12. The second-order valence-corrected chi connectivity index (χ2v) is 9.12. The Morgan fingerprint density at radius 3 is 2.22 bits per heavy atom. The quantitative estimate of drug-likeness (QED) is 0.353. The van der Waals surface area contributed by atoms with Gasteiger partial charge in [-0.15, -0.1) is 0 Å². The van der Waals surface area contributed by atoms with E-state index in [1.807, 2.05) is 0 Å².